The number of aryl methyl sites for hydroxylation is 1. The van der Waals surface area contributed by atoms with E-state index in [9.17, 15) is 9.59 Å². The molecule has 1 aromatic heterocycles. The number of ether oxygens (including phenoxy) is 3. The van der Waals surface area contributed by atoms with E-state index in [1.807, 2.05) is 25.1 Å². The van der Waals surface area contributed by atoms with Crippen LogP contribution in [0.1, 0.15) is 29.1 Å². The smallest absolute Gasteiger partial charge is 0.341 e. The quantitative estimate of drug-likeness (QED) is 0.553. The highest BCUT2D eigenvalue weighted by Crippen LogP contribution is 2.34. The Labute approximate surface area is 166 Å². The minimum Gasteiger partial charge on any atom is -0.486 e. The van der Waals surface area contributed by atoms with Crippen LogP contribution in [0.25, 0.3) is 0 Å². The van der Waals surface area contributed by atoms with Gasteiger partial charge in [-0.25, -0.2) is 4.79 Å². The summed E-state index contributed by atoms with van der Waals surface area (Å²) in [7, 11) is 0. The maximum Gasteiger partial charge on any atom is 0.341 e. The van der Waals surface area contributed by atoms with Gasteiger partial charge in [-0.3, -0.25) is 4.79 Å². The summed E-state index contributed by atoms with van der Waals surface area (Å²) in [4.78, 5) is 26.4. The number of carbonyl (C=O) groups is 2. The van der Waals surface area contributed by atoms with E-state index in [4.69, 9.17) is 14.2 Å². The van der Waals surface area contributed by atoms with Crippen molar-refractivity contribution in [1.29, 1.82) is 0 Å². The van der Waals surface area contributed by atoms with Crippen LogP contribution in [0.5, 0.6) is 11.5 Å². The van der Waals surface area contributed by atoms with E-state index >= 15 is 0 Å². The van der Waals surface area contributed by atoms with Crippen molar-refractivity contribution in [1.82, 2.24) is 0 Å². The van der Waals surface area contributed by atoms with E-state index < -0.39 is 5.97 Å². The summed E-state index contributed by atoms with van der Waals surface area (Å²) in [5.41, 5.74) is 0.413. The van der Waals surface area contributed by atoms with Crippen LogP contribution in [0.15, 0.2) is 29.2 Å². The minimum atomic E-state index is -0.414. The molecule has 6 nitrogen and oxygen atoms in total. The number of benzene rings is 1. The molecule has 0 spiro atoms. The maximum absolute atomic E-state index is 12.4. The number of fused-ring (bicyclic) bond motifs is 1. The molecule has 8 heteroatoms. The highest BCUT2D eigenvalue weighted by molar-refractivity contribution is 8.00. The van der Waals surface area contributed by atoms with Crippen molar-refractivity contribution in [2.24, 2.45) is 0 Å². The number of hydrogen-bond donors (Lipinski definition) is 1. The molecule has 0 bridgehead atoms. The normalized spacial score (nSPS) is 12.5. The van der Waals surface area contributed by atoms with Crippen LogP contribution < -0.4 is 14.8 Å². The Morgan fingerprint density at radius 2 is 1.96 bits per heavy atom. The van der Waals surface area contributed by atoms with Crippen molar-refractivity contribution in [3.8, 4) is 11.5 Å². The molecule has 0 fully saturated rings. The van der Waals surface area contributed by atoms with Crippen LogP contribution in [0, 0.1) is 0 Å². The molecular formula is C19H21NO5S2. The average Bonchev–Trinajstić information content (AvgIpc) is 3.09. The number of rotatable bonds is 7. The Morgan fingerprint density at radius 3 is 2.70 bits per heavy atom. The monoisotopic (exact) mass is 407 g/mol. The molecule has 0 saturated carbocycles. The molecule has 2 heterocycles. The zero-order valence-corrected chi connectivity index (χ0v) is 16.8. The van der Waals surface area contributed by atoms with Crippen LogP contribution in [0.3, 0.4) is 0 Å². The highest BCUT2D eigenvalue weighted by Gasteiger charge is 2.19. The second kappa shape index (κ2) is 9.14. The van der Waals surface area contributed by atoms with Crippen LogP contribution in [0.2, 0.25) is 0 Å². The van der Waals surface area contributed by atoms with Crippen molar-refractivity contribution >= 4 is 40.0 Å². The SMILES string of the molecule is CCOC(=O)c1cc(CC)sc1NC(=O)CSc1ccc2c(c1)OCCO2. The lowest BCUT2D eigenvalue weighted by molar-refractivity contribution is -0.113. The molecule has 0 saturated heterocycles. The molecule has 0 atom stereocenters. The van der Waals surface area contributed by atoms with Gasteiger partial charge in [0, 0.05) is 9.77 Å². The zero-order valence-electron chi connectivity index (χ0n) is 15.2. The van der Waals surface area contributed by atoms with Gasteiger partial charge in [-0.15, -0.1) is 23.1 Å². The molecule has 0 aliphatic carbocycles. The molecule has 144 valence electrons. The molecule has 1 N–H and O–H groups in total. The highest BCUT2D eigenvalue weighted by atomic mass is 32.2. The van der Waals surface area contributed by atoms with E-state index in [-0.39, 0.29) is 11.7 Å². The van der Waals surface area contributed by atoms with Crippen molar-refractivity contribution in [3.05, 3.63) is 34.7 Å². The van der Waals surface area contributed by atoms with Gasteiger partial charge < -0.3 is 19.5 Å². The summed E-state index contributed by atoms with van der Waals surface area (Å²) < 4.78 is 16.1. The minimum absolute atomic E-state index is 0.176. The predicted molar refractivity (Wildman–Crippen MR) is 106 cm³/mol. The molecule has 2 aromatic rings. The fourth-order valence-corrected chi connectivity index (χ4v) is 4.22. The molecule has 27 heavy (non-hydrogen) atoms. The molecular weight excluding hydrogens is 386 g/mol. The summed E-state index contributed by atoms with van der Waals surface area (Å²) in [5, 5.41) is 3.38. The Morgan fingerprint density at radius 1 is 1.19 bits per heavy atom. The summed E-state index contributed by atoms with van der Waals surface area (Å²) in [6, 6.07) is 7.40. The second-order valence-electron chi connectivity index (χ2n) is 5.67. The summed E-state index contributed by atoms with van der Waals surface area (Å²) in [5.74, 6) is 1.05. The van der Waals surface area contributed by atoms with Crippen LogP contribution in [-0.4, -0.2) is 37.4 Å². The van der Waals surface area contributed by atoms with Gasteiger partial charge in [-0.05, 0) is 37.6 Å². The van der Waals surface area contributed by atoms with Gasteiger partial charge in [0.15, 0.2) is 11.5 Å². The number of carbonyl (C=O) groups excluding carboxylic acids is 2. The van der Waals surface area contributed by atoms with E-state index in [0.29, 0.717) is 36.1 Å². The predicted octanol–water partition coefficient (Wildman–Crippen LogP) is 3.99. The van der Waals surface area contributed by atoms with Crippen molar-refractivity contribution in [2.45, 2.75) is 25.2 Å². The summed E-state index contributed by atoms with van der Waals surface area (Å²) in [6.45, 7) is 5.13. The largest absolute Gasteiger partial charge is 0.486 e. The fraction of sp³-hybridized carbons (Fsp3) is 0.368. The first-order valence-corrected chi connectivity index (χ1v) is 10.5. The number of anilines is 1. The second-order valence-corrected chi connectivity index (χ2v) is 7.86. The Bertz CT molecular complexity index is 834. The van der Waals surface area contributed by atoms with E-state index in [0.717, 1.165) is 21.9 Å². The number of nitrogens with one attached hydrogen (secondary N) is 1. The molecule has 1 aliphatic rings. The van der Waals surface area contributed by atoms with Crippen molar-refractivity contribution < 1.29 is 23.8 Å². The first-order chi connectivity index (χ1) is 13.1. The standard InChI is InChI=1S/C19H21NO5S2/c1-3-12-9-14(19(22)23-4-2)18(27-12)20-17(21)11-26-13-5-6-15-16(10-13)25-8-7-24-15/h5-6,9-10H,3-4,7-8,11H2,1-2H3,(H,20,21). The van der Waals surface area contributed by atoms with Gasteiger partial charge >= 0.3 is 5.97 Å². The maximum atomic E-state index is 12.4. The van der Waals surface area contributed by atoms with Gasteiger partial charge in [0.2, 0.25) is 5.91 Å². The van der Waals surface area contributed by atoms with E-state index in [1.54, 1.807) is 13.0 Å². The third kappa shape index (κ3) is 4.95. The van der Waals surface area contributed by atoms with E-state index in [2.05, 4.69) is 5.32 Å². The average molecular weight is 408 g/mol. The fourth-order valence-electron chi connectivity index (χ4n) is 2.49. The lowest BCUT2D eigenvalue weighted by Crippen LogP contribution is -2.16. The Kier molecular flexibility index (Phi) is 6.63. The first-order valence-electron chi connectivity index (χ1n) is 8.72. The van der Waals surface area contributed by atoms with Gasteiger partial charge in [-0.2, -0.15) is 0 Å². The Balaban J connectivity index is 1.62. The third-order valence-corrected chi connectivity index (χ3v) is 5.95. The van der Waals surface area contributed by atoms with Gasteiger partial charge in [0.1, 0.15) is 18.2 Å². The number of thioether (sulfide) groups is 1. The van der Waals surface area contributed by atoms with Gasteiger partial charge in [0.05, 0.1) is 17.9 Å². The molecule has 1 aliphatic heterocycles. The number of esters is 1. The van der Waals surface area contributed by atoms with Crippen LogP contribution >= 0.6 is 23.1 Å². The lowest BCUT2D eigenvalue weighted by atomic mass is 10.2. The number of hydrogen-bond acceptors (Lipinski definition) is 7. The topological polar surface area (TPSA) is 73.9 Å². The van der Waals surface area contributed by atoms with Crippen molar-refractivity contribution in [3.63, 3.8) is 0 Å². The molecule has 1 aromatic carbocycles. The molecule has 1 amide bonds. The first kappa shape index (κ1) is 19.6. The molecule has 0 radical (unpaired) electrons. The summed E-state index contributed by atoms with van der Waals surface area (Å²) >= 11 is 2.80. The van der Waals surface area contributed by atoms with Gasteiger partial charge in [-0.1, -0.05) is 6.92 Å². The molecule has 3 rings (SSSR count). The number of amides is 1. The third-order valence-electron chi connectivity index (χ3n) is 3.76. The zero-order chi connectivity index (χ0) is 19.2. The number of thiophene rings is 1. The van der Waals surface area contributed by atoms with Crippen LogP contribution in [0.4, 0.5) is 5.00 Å². The summed E-state index contributed by atoms with van der Waals surface area (Å²) in [6.07, 6.45) is 0.791. The van der Waals surface area contributed by atoms with Crippen LogP contribution in [-0.2, 0) is 16.0 Å². The van der Waals surface area contributed by atoms with Crippen molar-refractivity contribution in [2.75, 3.05) is 30.9 Å². The molecule has 0 unspecified atom stereocenters. The van der Waals surface area contributed by atoms with Gasteiger partial charge in [0.25, 0.3) is 0 Å². The lowest BCUT2D eigenvalue weighted by Gasteiger charge is -2.18. The Hall–Kier alpha value is -2.19. The van der Waals surface area contributed by atoms with E-state index in [1.165, 1.54) is 23.1 Å².